The lowest BCUT2D eigenvalue weighted by atomic mass is 9.96. The first kappa shape index (κ1) is 14.6. The fraction of sp³-hybridized carbons (Fsp3) is 0.438. The number of benzene rings is 1. The van der Waals surface area contributed by atoms with Gasteiger partial charge >= 0.3 is 0 Å². The van der Waals surface area contributed by atoms with Gasteiger partial charge in [0.05, 0.1) is 6.54 Å². The largest absolute Gasteiger partial charge is 0.383 e. The summed E-state index contributed by atoms with van der Waals surface area (Å²) in [6.45, 7) is 7.51. The molecular weight excluding hydrogens is 250 g/mol. The van der Waals surface area contributed by atoms with Crippen molar-refractivity contribution in [3.05, 3.63) is 48.0 Å². The van der Waals surface area contributed by atoms with Crippen LogP contribution in [0.4, 0.5) is 0 Å². The zero-order valence-electron chi connectivity index (χ0n) is 12.0. The Balaban J connectivity index is 2.10. The average Bonchev–Trinajstić information content (AvgIpc) is 2.81. The molecule has 1 atom stereocenters. The summed E-state index contributed by atoms with van der Waals surface area (Å²) in [6, 6.07) is 8.07. The maximum Gasteiger partial charge on any atom is 0.191 e. The summed E-state index contributed by atoms with van der Waals surface area (Å²) < 4.78 is 0. The molecule has 0 aromatic heterocycles. The minimum absolute atomic E-state index is 0.372. The molecule has 1 aromatic rings. The van der Waals surface area contributed by atoms with Crippen LogP contribution < -0.4 is 10.6 Å². The van der Waals surface area contributed by atoms with E-state index in [9.17, 15) is 5.11 Å². The van der Waals surface area contributed by atoms with E-state index in [2.05, 4.69) is 28.3 Å². The second kappa shape index (κ2) is 6.57. The van der Waals surface area contributed by atoms with E-state index >= 15 is 0 Å². The summed E-state index contributed by atoms with van der Waals surface area (Å²) in [7, 11) is 0. The Labute approximate surface area is 120 Å². The first-order valence-corrected chi connectivity index (χ1v) is 7.13. The molecule has 4 heteroatoms. The van der Waals surface area contributed by atoms with E-state index in [1.165, 1.54) is 5.56 Å². The van der Waals surface area contributed by atoms with Gasteiger partial charge in [-0.25, -0.2) is 4.99 Å². The number of aliphatic hydroxyl groups is 1. The Morgan fingerprint density at radius 3 is 3.00 bits per heavy atom. The van der Waals surface area contributed by atoms with Gasteiger partial charge in [0.15, 0.2) is 5.96 Å². The van der Waals surface area contributed by atoms with Crippen molar-refractivity contribution < 1.29 is 5.11 Å². The molecule has 0 fully saturated rings. The van der Waals surface area contributed by atoms with Crippen LogP contribution in [0.1, 0.15) is 24.5 Å². The van der Waals surface area contributed by atoms with Gasteiger partial charge in [0, 0.05) is 13.1 Å². The number of guanidine groups is 1. The highest BCUT2D eigenvalue weighted by molar-refractivity contribution is 5.79. The summed E-state index contributed by atoms with van der Waals surface area (Å²) in [6.07, 6.45) is 3.43. The third-order valence-electron chi connectivity index (χ3n) is 3.58. The normalized spacial score (nSPS) is 21.4. The maximum atomic E-state index is 10.8. The van der Waals surface area contributed by atoms with E-state index in [-0.39, 0.29) is 0 Å². The quantitative estimate of drug-likeness (QED) is 0.433. The summed E-state index contributed by atoms with van der Waals surface area (Å²) >= 11 is 0. The molecular formula is C16H23N3O. The van der Waals surface area contributed by atoms with Crippen molar-refractivity contribution in [1.29, 1.82) is 0 Å². The van der Waals surface area contributed by atoms with E-state index in [0.29, 0.717) is 19.0 Å². The number of hydrogen-bond donors (Lipinski definition) is 3. The molecule has 0 heterocycles. The monoisotopic (exact) mass is 273 g/mol. The van der Waals surface area contributed by atoms with Crippen LogP contribution in [0.2, 0.25) is 0 Å². The highest BCUT2D eigenvalue weighted by Gasteiger charge is 2.36. The molecule has 20 heavy (non-hydrogen) atoms. The highest BCUT2D eigenvalue weighted by Crippen LogP contribution is 2.36. The van der Waals surface area contributed by atoms with Crippen molar-refractivity contribution in [3.63, 3.8) is 0 Å². The molecule has 1 aliphatic rings. The number of aliphatic imine (C=N–C) groups is 1. The van der Waals surface area contributed by atoms with Gasteiger partial charge in [-0.05, 0) is 30.9 Å². The van der Waals surface area contributed by atoms with Crippen LogP contribution in [0.5, 0.6) is 0 Å². The van der Waals surface area contributed by atoms with Crippen molar-refractivity contribution in [1.82, 2.24) is 10.6 Å². The summed E-state index contributed by atoms with van der Waals surface area (Å²) in [5, 5.41) is 17.1. The van der Waals surface area contributed by atoms with Crippen LogP contribution in [-0.4, -0.2) is 30.7 Å². The molecule has 0 aliphatic heterocycles. The average molecular weight is 273 g/mol. The standard InChI is InChI=1S/C16H23N3O/c1-3-11-18-15(17-4-2)19-12-16(20)10-9-13-7-5-6-8-14(13)16/h3,5-8,20H,1,4,9-12H2,2H3,(H2,17,18,19). The van der Waals surface area contributed by atoms with E-state index < -0.39 is 5.60 Å². The molecule has 3 N–H and O–H groups in total. The molecule has 1 aromatic carbocycles. The molecule has 2 rings (SSSR count). The number of hydrogen-bond acceptors (Lipinski definition) is 2. The van der Waals surface area contributed by atoms with Gasteiger partial charge in [-0.15, -0.1) is 6.58 Å². The van der Waals surface area contributed by atoms with Gasteiger partial charge in [-0.3, -0.25) is 0 Å². The predicted molar refractivity (Wildman–Crippen MR) is 82.8 cm³/mol. The Morgan fingerprint density at radius 2 is 2.25 bits per heavy atom. The van der Waals surface area contributed by atoms with Crippen LogP contribution in [0, 0.1) is 0 Å². The van der Waals surface area contributed by atoms with E-state index in [4.69, 9.17) is 0 Å². The van der Waals surface area contributed by atoms with Crippen molar-refractivity contribution >= 4 is 5.96 Å². The zero-order valence-corrected chi connectivity index (χ0v) is 12.0. The lowest BCUT2D eigenvalue weighted by molar-refractivity contribution is 0.0485. The van der Waals surface area contributed by atoms with Crippen LogP contribution in [-0.2, 0) is 12.0 Å². The zero-order chi connectivity index (χ0) is 14.4. The smallest absolute Gasteiger partial charge is 0.191 e. The molecule has 0 spiro atoms. The van der Waals surface area contributed by atoms with Crippen LogP contribution in [0.3, 0.4) is 0 Å². The van der Waals surface area contributed by atoms with Gasteiger partial charge in [0.2, 0.25) is 0 Å². The Morgan fingerprint density at radius 1 is 1.45 bits per heavy atom. The lowest BCUT2D eigenvalue weighted by Crippen LogP contribution is -2.39. The first-order chi connectivity index (χ1) is 9.69. The van der Waals surface area contributed by atoms with Gasteiger partial charge in [0.25, 0.3) is 0 Å². The number of aryl methyl sites for hydroxylation is 1. The molecule has 0 bridgehead atoms. The topological polar surface area (TPSA) is 56.7 Å². The summed E-state index contributed by atoms with van der Waals surface area (Å²) in [5.74, 6) is 0.713. The lowest BCUT2D eigenvalue weighted by Gasteiger charge is -2.22. The fourth-order valence-corrected chi connectivity index (χ4v) is 2.55. The van der Waals surface area contributed by atoms with Crippen molar-refractivity contribution in [2.24, 2.45) is 4.99 Å². The highest BCUT2D eigenvalue weighted by atomic mass is 16.3. The van der Waals surface area contributed by atoms with Crippen LogP contribution in [0.15, 0.2) is 41.9 Å². The van der Waals surface area contributed by atoms with E-state index in [1.54, 1.807) is 6.08 Å². The molecule has 4 nitrogen and oxygen atoms in total. The minimum atomic E-state index is -0.840. The van der Waals surface area contributed by atoms with E-state index in [1.807, 2.05) is 25.1 Å². The third-order valence-corrected chi connectivity index (χ3v) is 3.58. The maximum absolute atomic E-state index is 10.8. The molecule has 0 saturated carbocycles. The van der Waals surface area contributed by atoms with Gasteiger partial charge in [0.1, 0.15) is 5.60 Å². The van der Waals surface area contributed by atoms with Gasteiger partial charge in [-0.1, -0.05) is 30.3 Å². The van der Waals surface area contributed by atoms with Crippen molar-refractivity contribution in [2.45, 2.75) is 25.4 Å². The van der Waals surface area contributed by atoms with E-state index in [0.717, 1.165) is 24.9 Å². The second-order valence-electron chi connectivity index (χ2n) is 5.05. The predicted octanol–water partition coefficient (Wildman–Crippen LogP) is 1.56. The number of nitrogens with zero attached hydrogens (tertiary/aromatic N) is 1. The van der Waals surface area contributed by atoms with Gasteiger partial charge in [-0.2, -0.15) is 0 Å². The number of fused-ring (bicyclic) bond motifs is 1. The molecule has 1 unspecified atom stereocenters. The Bertz CT molecular complexity index is 498. The Kier molecular flexibility index (Phi) is 4.79. The molecule has 1 aliphatic carbocycles. The van der Waals surface area contributed by atoms with Crippen LogP contribution >= 0.6 is 0 Å². The Hall–Kier alpha value is -1.81. The SMILES string of the molecule is C=CCNC(=NCC1(O)CCc2ccccc21)NCC. The molecule has 0 amide bonds. The van der Waals surface area contributed by atoms with Gasteiger partial charge < -0.3 is 15.7 Å². The minimum Gasteiger partial charge on any atom is -0.383 e. The van der Waals surface area contributed by atoms with Crippen LogP contribution in [0.25, 0.3) is 0 Å². The molecule has 0 saturated heterocycles. The molecule has 108 valence electrons. The summed E-state index contributed by atoms with van der Waals surface area (Å²) in [5.41, 5.74) is 1.41. The number of nitrogens with one attached hydrogen (secondary N) is 2. The third kappa shape index (κ3) is 3.20. The fourth-order valence-electron chi connectivity index (χ4n) is 2.55. The van der Waals surface area contributed by atoms with Crippen molar-refractivity contribution in [2.75, 3.05) is 19.6 Å². The first-order valence-electron chi connectivity index (χ1n) is 7.13. The van der Waals surface area contributed by atoms with Crippen molar-refractivity contribution in [3.8, 4) is 0 Å². The number of rotatable bonds is 5. The summed E-state index contributed by atoms with van der Waals surface area (Å²) in [4.78, 5) is 4.50. The second-order valence-corrected chi connectivity index (χ2v) is 5.05. The molecule has 0 radical (unpaired) electrons.